The van der Waals surface area contributed by atoms with Crippen LogP contribution < -0.4 is 5.32 Å². The maximum absolute atomic E-state index is 12.9. The molecule has 0 aliphatic carbocycles. The van der Waals surface area contributed by atoms with E-state index >= 15 is 0 Å². The topological polar surface area (TPSA) is 69.6 Å². The van der Waals surface area contributed by atoms with Gasteiger partial charge < -0.3 is 15.5 Å². The molecule has 2 rings (SSSR count). The van der Waals surface area contributed by atoms with Gasteiger partial charge in [-0.1, -0.05) is 6.07 Å². The predicted octanol–water partition coefficient (Wildman–Crippen LogP) is 2.15. The van der Waals surface area contributed by atoms with E-state index < -0.39 is 35.4 Å². The lowest BCUT2D eigenvalue weighted by atomic mass is 9.95. The molecule has 1 aromatic rings. The fourth-order valence-electron chi connectivity index (χ4n) is 2.25. The highest BCUT2D eigenvalue weighted by atomic mass is 19.4. The van der Waals surface area contributed by atoms with Crippen molar-refractivity contribution in [2.75, 3.05) is 6.54 Å². The van der Waals surface area contributed by atoms with Crippen molar-refractivity contribution >= 4 is 5.97 Å². The van der Waals surface area contributed by atoms with Gasteiger partial charge in [0.25, 0.3) is 0 Å². The Morgan fingerprint density at radius 2 is 2.05 bits per heavy atom. The number of hydrogen-bond donors (Lipinski definition) is 3. The highest BCUT2D eigenvalue weighted by Gasteiger charge is 2.38. The zero-order chi connectivity index (χ0) is 14.2. The number of aromatic hydroxyl groups is 1. The van der Waals surface area contributed by atoms with E-state index in [4.69, 9.17) is 10.2 Å². The van der Waals surface area contributed by atoms with Gasteiger partial charge in [0.15, 0.2) is 0 Å². The molecule has 19 heavy (non-hydrogen) atoms. The number of hydrogen-bond acceptors (Lipinski definition) is 3. The Kier molecular flexibility index (Phi) is 3.40. The smallest absolute Gasteiger partial charge is 0.416 e. The van der Waals surface area contributed by atoms with Crippen molar-refractivity contribution in [1.82, 2.24) is 5.32 Å². The average Bonchev–Trinajstić information content (AvgIpc) is 2.77. The monoisotopic (exact) mass is 275 g/mol. The van der Waals surface area contributed by atoms with Crippen LogP contribution in [0.15, 0.2) is 18.2 Å². The number of carboxylic acid groups (broad SMARTS) is 1. The third-order valence-electron chi connectivity index (χ3n) is 3.20. The van der Waals surface area contributed by atoms with Crippen molar-refractivity contribution in [3.8, 4) is 5.75 Å². The Hall–Kier alpha value is -1.76. The van der Waals surface area contributed by atoms with Gasteiger partial charge in [-0.15, -0.1) is 0 Å². The predicted molar refractivity (Wildman–Crippen MR) is 59.6 cm³/mol. The lowest BCUT2D eigenvalue weighted by molar-refractivity contribution is -0.141. The van der Waals surface area contributed by atoms with Crippen molar-refractivity contribution in [2.24, 2.45) is 5.92 Å². The lowest BCUT2D eigenvalue weighted by Gasteiger charge is -2.18. The number of carboxylic acids is 1. The number of aliphatic carboxylic acids is 1. The highest BCUT2D eigenvalue weighted by Crippen LogP contribution is 2.39. The van der Waals surface area contributed by atoms with Crippen LogP contribution in [0.3, 0.4) is 0 Å². The summed E-state index contributed by atoms with van der Waals surface area (Å²) in [5.74, 6) is -2.19. The van der Waals surface area contributed by atoms with Crippen LogP contribution in [0.25, 0.3) is 0 Å². The van der Waals surface area contributed by atoms with E-state index in [0.29, 0.717) is 6.07 Å². The molecule has 1 fully saturated rings. The van der Waals surface area contributed by atoms with Crippen molar-refractivity contribution < 1.29 is 28.2 Å². The number of alkyl halides is 3. The molecule has 1 aliphatic rings. The molecule has 2 unspecified atom stereocenters. The van der Waals surface area contributed by atoms with Crippen molar-refractivity contribution in [2.45, 2.75) is 18.6 Å². The van der Waals surface area contributed by atoms with Gasteiger partial charge in [-0.05, 0) is 24.1 Å². The van der Waals surface area contributed by atoms with E-state index in [2.05, 4.69) is 5.32 Å². The van der Waals surface area contributed by atoms with Crippen LogP contribution in [0, 0.1) is 5.92 Å². The zero-order valence-corrected chi connectivity index (χ0v) is 9.74. The molecule has 0 bridgehead atoms. The molecule has 7 heteroatoms. The van der Waals surface area contributed by atoms with Crippen LogP contribution in [0.4, 0.5) is 13.2 Å². The lowest BCUT2D eigenvalue weighted by Crippen LogP contribution is -2.19. The molecular formula is C12H12F3NO3. The van der Waals surface area contributed by atoms with Gasteiger partial charge in [-0.2, -0.15) is 13.2 Å². The molecule has 1 aliphatic heterocycles. The minimum atomic E-state index is -4.59. The number of benzene rings is 1. The first-order chi connectivity index (χ1) is 8.79. The summed E-state index contributed by atoms with van der Waals surface area (Å²) < 4.78 is 38.6. The molecular weight excluding hydrogens is 263 g/mol. The fourth-order valence-corrected chi connectivity index (χ4v) is 2.25. The van der Waals surface area contributed by atoms with Gasteiger partial charge in [0.05, 0.1) is 11.5 Å². The van der Waals surface area contributed by atoms with E-state index in [1.165, 1.54) is 12.1 Å². The highest BCUT2D eigenvalue weighted by molar-refractivity contribution is 5.70. The molecule has 0 radical (unpaired) electrons. The number of phenols is 1. The van der Waals surface area contributed by atoms with Crippen LogP contribution >= 0.6 is 0 Å². The summed E-state index contributed by atoms with van der Waals surface area (Å²) in [7, 11) is 0. The Labute approximate surface area is 106 Å². The maximum atomic E-state index is 12.9. The minimum absolute atomic E-state index is 0.0333. The van der Waals surface area contributed by atoms with E-state index in [1.54, 1.807) is 0 Å². The summed E-state index contributed by atoms with van der Waals surface area (Å²) in [6.45, 7) is 0.137. The largest absolute Gasteiger partial charge is 0.508 e. The quantitative estimate of drug-likeness (QED) is 0.773. The molecule has 0 spiro atoms. The number of carbonyl (C=O) groups is 1. The normalized spacial score (nSPS) is 23.5. The molecule has 0 saturated carbocycles. The summed E-state index contributed by atoms with van der Waals surface area (Å²) >= 11 is 0. The van der Waals surface area contributed by atoms with E-state index in [0.717, 1.165) is 0 Å². The summed E-state index contributed by atoms with van der Waals surface area (Å²) in [5, 5.41) is 20.8. The third kappa shape index (κ3) is 2.81. The molecule has 0 aromatic heterocycles. The van der Waals surface area contributed by atoms with Crippen LogP contribution in [-0.2, 0) is 11.0 Å². The number of phenolic OH excluding ortho intramolecular Hbond substituents is 1. The van der Waals surface area contributed by atoms with Crippen LogP contribution in [-0.4, -0.2) is 22.7 Å². The first-order valence-electron chi connectivity index (χ1n) is 5.65. The van der Waals surface area contributed by atoms with Crippen molar-refractivity contribution in [1.29, 1.82) is 0 Å². The second-order valence-electron chi connectivity index (χ2n) is 4.50. The Morgan fingerprint density at radius 3 is 2.58 bits per heavy atom. The molecule has 2 atom stereocenters. The van der Waals surface area contributed by atoms with Crippen LogP contribution in [0.1, 0.15) is 23.6 Å². The number of rotatable bonds is 2. The maximum Gasteiger partial charge on any atom is 0.416 e. The second-order valence-corrected chi connectivity index (χ2v) is 4.50. The van der Waals surface area contributed by atoms with Gasteiger partial charge >= 0.3 is 12.1 Å². The number of halogens is 3. The zero-order valence-electron chi connectivity index (χ0n) is 9.74. The molecule has 0 amide bonds. The molecule has 1 heterocycles. The Morgan fingerprint density at radius 1 is 1.37 bits per heavy atom. The molecule has 1 aromatic carbocycles. The van der Waals surface area contributed by atoms with Crippen LogP contribution in [0.5, 0.6) is 5.75 Å². The molecule has 3 N–H and O–H groups in total. The Bertz CT molecular complexity index is 501. The second kappa shape index (κ2) is 4.73. The van der Waals surface area contributed by atoms with Gasteiger partial charge in [0.2, 0.25) is 0 Å². The summed E-state index contributed by atoms with van der Waals surface area (Å²) in [6.07, 6.45) is -4.49. The van der Waals surface area contributed by atoms with Gasteiger partial charge in [-0.25, -0.2) is 0 Å². The van der Waals surface area contributed by atoms with Crippen molar-refractivity contribution in [3.63, 3.8) is 0 Å². The third-order valence-corrected chi connectivity index (χ3v) is 3.20. The number of nitrogens with one attached hydrogen (secondary N) is 1. The van der Waals surface area contributed by atoms with E-state index in [1.807, 2.05) is 0 Å². The summed E-state index contributed by atoms with van der Waals surface area (Å²) in [6, 6.07) is 2.34. The van der Waals surface area contributed by atoms with Gasteiger partial charge in [0, 0.05) is 12.6 Å². The Balaban J connectivity index is 2.33. The van der Waals surface area contributed by atoms with Gasteiger partial charge in [0.1, 0.15) is 5.75 Å². The SMILES string of the molecule is O=C(O)C1CNC(c2ccc(O)cc2C(F)(F)F)C1. The van der Waals surface area contributed by atoms with E-state index in [-0.39, 0.29) is 18.5 Å². The standard InChI is InChI=1S/C12H12F3NO3/c13-12(14,15)9-4-7(17)1-2-8(9)10-3-6(5-16-10)11(18)19/h1-2,4,6,10,16-17H,3,5H2,(H,18,19). The fraction of sp³-hybridized carbons (Fsp3) is 0.417. The van der Waals surface area contributed by atoms with Crippen LogP contribution in [0.2, 0.25) is 0 Å². The average molecular weight is 275 g/mol. The molecule has 1 saturated heterocycles. The molecule has 104 valence electrons. The minimum Gasteiger partial charge on any atom is -0.508 e. The molecule has 4 nitrogen and oxygen atoms in total. The summed E-state index contributed by atoms with van der Waals surface area (Å²) in [4.78, 5) is 10.8. The van der Waals surface area contributed by atoms with Crippen molar-refractivity contribution in [3.05, 3.63) is 29.3 Å². The summed E-state index contributed by atoms with van der Waals surface area (Å²) in [5.41, 5.74) is -0.968. The van der Waals surface area contributed by atoms with Gasteiger partial charge in [-0.3, -0.25) is 4.79 Å². The first kappa shape index (κ1) is 13.7. The first-order valence-corrected chi connectivity index (χ1v) is 5.65. The van der Waals surface area contributed by atoms with E-state index in [9.17, 15) is 18.0 Å².